The molecule has 1 aromatic carbocycles. The highest BCUT2D eigenvalue weighted by atomic mass is 35.5. The van der Waals surface area contributed by atoms with Crippen LogP contribution in [0.3, 0.4) is 0 Å². The van der Waals surface area contributed by atoms with Crippen LogP contribution < -0.4 is 5.32 Å². The first-order valence-corrected chi connectivity index (χ1v) is 10.4. The van der Waals surface area contributed by atoms with Crippen LogP contribution in [0.15, 0.2) is 46.8 Å². The van der Waals surface area contributed by atoms with Crippen molar-refractivity contribution in [3.8, 4) is 0 Å². The van der Waals surface area contributed by atoms with Gasteiger partial charge in [-0.1, -0.05) is 52.9 Å². The molecule has 1 N–H and O–H groups in total. The Morgan fingerprint density at radius 2 is 2.00 bits per heavy atom. The number of anilines is 2. The normalized spacial score (nSPS) is 10.6. The number of thiophene rings is 1. The van der Waals surface area contributed by atoms with Crippen molar-refractivity contribution in [1.82, 2.24) is 15.1 Å². The van der Waals surface area contributed by atoms with Crippen molar-refractivity contribution in [2.75, 3.05) is 18.1 Å². The second-order valence-corrected chi connectivity index (χ2v) is 9.11. The largest absolute Gasteiger partial charge is 0.340 e. The third kappa shape index (κ3) is 5.43. The molecule has 0 unspecified atom stereocenters. The van der Waals surface area contributed by atoms with Gasteiger partial charge >= 0.3 is 0 Å². The van der Waals surface area contributed by atoms with Crippen LogP contribution in [-0.4, -0.2) is 33.8 Å². The fourth-order valence-electron chi connectivity index (χ4n) is 1.96. The number of hydrogen-bond donors (Lipinski definition) is 1. The highest BCUT2D eigenvalue weighted by molar-refractivity contribution is 8.01. The second-order valence-electron chi connectivity index (χ2n) is 5.11. The summed E-state index contributed by atoms with van der Waals surface area (Å²) in [5.74, 6) is 0.373. The van der Waals surface area contributed by atoms with E-state index in [2.05, 4.69) is 15.5 Å². The second kappa shape index (κ2) is 8.66. The summed E-state index contributed by atoms with van der Waals surface area (Å²) in [6, 6.07) is 13.6. The molecule has 0 aliphatic carbocycles. The minimum atomic E-state index is 0.0438. The van der Waals surface area contributed by atoms with Crippen molar-refractivity contribution < 1.29 is 4.79 Å². The molecule has 0 saturated carbocycles. The first-order valence-electron chi connectivity index (χ1n) is 7.37. The molecule has 25 heavy (non-hydrogen) atoms. The van der Waals surface area contributed by atoms with Crippen LogP contribution in [0, 0.1) is 0 Å². The molecule has 0 bridgehead atoms. The van der Waals surface area contributed by atoms with Gasteiger partial charge in [0.15, 0.2) is 4.34 Å². The van der Waals surface area contributed by atoms with Crippen molar-refractivity contribution in [1.29, 1.82) is 0 Å². The highest BCUT2D eigenvalue weighted by Gasteiger charge is 2.13. The number of nitrogens with one attached hydrogen (secondary N) is 1. The molecule has 2 heterocycles. The monoisotopic (exact) mass is 410 g/mol. The summed E-state index contributed by atoms with van der Waals surface area (Å²) in [5.41, 5.74) is 0.959. The first-order chi connectivity index (χ1) is 12.1. The summed E-state index contributed by atoms with van der Waals surface area (Å²) in [7, 11) is 1.79. The van der Waals surface area contributed by atoms with Gasteiger partial charge in [-0.15, -0.1) is 21.5 Å². The molecule has 1 amide bonds. The number of para-hydroxylation sites is 1. The molecule has 0 atom stereocenters. The molecular formula is C16H15ClN4OS3. The quantitative estimate of drug-likeness (QED) is 0.569. The van der Waals surface area contributed by atoms with Gasteiger partial charge in [-0.3, -0.25) is 4.79 Å². The molecule has 0 aliphatic rings. The Bertz CT molecular complexity index is 837. The molecule has 0 radical (unpaired) electrons. The summed E-state index contributed by atoms with van der Waals surface area (Å²) < 4.78 is 1.50. The van der Waals surface area contributed by atoms with Crippen LogP contribution >= 0.6 is 46.0 Å². The lowest BCUT2D eigenvalue weighted by Crippen LogP contribution is -2.27. The summed E-state index contributed by atoms with van der Waals surface area (Å²) >= 11 is 10.2. The maximum atomic E-state index is 12.2. The number of hydrogen-bond acceptors (Lipinski definition) is 7. The molecule has 0 aliphatic heterocycles. The summed E-state index contributed by atoms with van der Waals surface area (Å²) in [6.45, 7) is 0.563. The Kier molecular flexibility index (Phi) is 6.30. The molecule has 0 spiro atoms. The van der Waals surface area contributed by atoms with Gasteiger partial charge in [-0.25, -0.2) is 0 Å². The first kappa shape index (κ1) is 18.2. The average molecular weight is 411 g/mol. The predicted molar refractivity (Wildman–Crippen MR) is 106 cm³/mol. The Morgan fingerprint density at radius 3 is 2.72 bits per heavy atom. The van der Waals surface area contributed by atoms with Crippen molar-refractivity contribution >= 4 is 62.8 Å². The van der Waals surface area contributed by atoms with Crippen LogP contribution in [0.4, 0.5) is 10.8 Å². The highest BCUT2D eigenvalue weighted by Crippen LogP contribution is 2.28. The minimum Gasteiger partial charge on any atom is -0.340 e. The van der Waals surface area contributed by atoms with E-state index in [0.717, 1.165) is 19.2 Å². The number of aromatic nitrogens is 2. The van der Waals surface area contributed by atoms with E-state index in [-0.39, 0.29) is 5.91 Å². The Labute approximate surface area is 163 Å². The average Bonchev–Trinajstić information content (AvgIpc) is 3.22. The lowest BCUT2D eigenvalue weighted by molar-refractivity contribution is -0.127. The standard InChI is InChI=1S/C16H15ClN4OS3/c1-21(9-12-7-8-13(17)24-12)14(22)10-23-16-20-19-15(25-16)18-11-5-3-2-4-6-11/h2-8H,9-10H2,1H3,(H,18,19). The number of nitrogens with zero attached hydrogens (tertiary/aromatic N) is 3. The van der Waals surface area contributed by atoms with E-state index < -0.39 is 0 Å². The van der Waals surface area contributed by atoms with Crippen molar-refractivity contribution in [3.63, 3.8) is 0 Å². The number of halogens is 1. The van der Waals surface area contributed by atoms with Gasteiger partial charge in [0.2, 0.25) is 11.0 Å². The Morgan fingerprint density at radius 1 is 1.20 bits per heavy atom. The van der Waals surface area contributed by atoms with Crippen molar-refractivity contribution in [2.45, 2.75) is 10.9 Å². The summed E-state index contributed by atoms with van der Waals surface area (Å²) in [4.78, 5) is 15.0. The van der Waals surface area contributed by atoms with Crippen LogP contribution in [0.2, 0.25) is 4.34 Å². The lowest BCUT2D eigenvalue weighted by Gasteiger charge is -2.15. The summed E-state index contributed by atoms with van der Waals surface area (Å²) in [5, 5.41) is 12.1. The van der Waals surface area contributed by atoms with E-state index in [1.54, 1.807) is 11.9 Å². The number of carbonyl (C=O) groups is 1. The van der Waals surface area contributed by atoms with E-state index in [1.807, 2.05) is 42.5 Å². The molecular weight excluding hydrogens is 396 g/mol. The van der Waals surface area contributed by atoms with Gasteiger partial charge in [0, 0.05) is 17.6 Å². The maximum Gasteiger partial charge on any atom is 0.233 e. The van der Waals surface area contributed by atoms with Gasteiger partial charge in [0.05, 0.1) is 16.6 Å². The molecule has 9 heteroatoms. The number of thioether (sulfide) groups is 1. The molecule has 5 nitrogen and oxygen atoms in total. The number of carbonyl (C=O) groups excluding carboxylic acids is 1. The van der Waals surface area contributed by atoms with E-state index in [9.17, 15) is 4.79 Å². The third-order valence-corrected chi connectivity index (χ3v) is 6.37. The van der Waals surface area contributed by atoms with Gasteiger partial charge in [-0.2, -0.15) is 0 Å². The number of benzene rings is 1. The van der Waals surface area contributed by atoms with Crippen LogP contribution in [-0.2, 0) is 11.3 Å². The molecule has 0 fully saturated rings. The van der Waals surface area contributed by atoms with E-state index >= 15 is 0 Å². The lowest BCUT2D eigenvalue weighted by atomic mass is 10.3. The van der Waals surface area contributed by atoms with E-state index in [1.165, 1.54) is 34.4 Å². The topological polar surface area (TPSA) is 58.1 Å². The summed E-state index contributed by atoms with van der Waals surface area (Å²) in [6.07, 6.45) is 0. The molecule has 2 aromatic heterocycles. The smallest absolute Gasteiger partial charge is 0.233 e. The zero-order valence-corrected chi connectivity index (χ0v) is 16.5. The zero-order valence-electron chi connectivity index (χ0n) is 13.3. The van der Waals surface area contributed by atoms with Gasteiger partial charge in [0.1, 0.15) is 0 Å². The Balaban J connectivity index is 1.49. The number of amides is 1. The van der Waals surface area contributed by atoms with Gasteiger partial charge in [0.25, 0.3) is 0 Å². The van der Waals surface area contributed by atoms with Crippen LogP contribution in [0.1, 0.15) is 4.88 Å². The van der Waals surface area contributed by atoms with E-state index in [0.29, 0.717) is 17.4 Å². The zero-order chi connectivity index (χ0) is 17.6. The Hall–Kier alpha value is -1.61. The van der Waals surface area contributed by atoms with Crippen molar-refractivity contribution in [2.24, 2.45) is 0 Å². The molecule has 0 saturated heterocycles. The fourth-order valence-corrected chi connectivity index (χ4v) is 4.81. The van der Waals surface area contributed by atoms with Crippen molar-refractivity contribution in [3.05, 3.63) is 51.7 Å². The van der Waals surface area contributed by atoms with Gasteiger partial charge in [-0.05, 0) is 24.3 Å². The predicted octanol–water partition coefficient (Wildman–Crippen LogP) is 4.75. The van der Waals surface area contributed by atoms with E-state index in [4.69, 9.17) is 11.6 Å². The molecule has 3 rings (SSSR count). The minimum absolute atomic E-state index is 0.0438. The maximum absolute atomic E-state index is 12.2. The number of rotatable bonds is 7. The SMILES string of the molecule is CN(Cc1ccc(Cl)s1)C(=O)CSc1nnc(Nc2ccccc2)s1. The molecule has 3 aromatic rings. The van der Waals surface area contributed by atoms with Gasteiger partial charge < -0.3 is 10.2 Å². The van der Waals surface area contributed by atoms with Crippen LogP contribution in [0.5, 0.6) is 0 Å². The third-order valence-electron chi connectivity index (χ3n) is 3.20. The fraction of sp³-hybridized carbons (Fsp3) is 0.188. The van der Waals surface area contributed by atoms with Crippen LogP contribution in [0.25, 0.3) is 0 Å². The molecule has 130 valence electrons.